The summed E-state index contributed by atoms with van der Waals surface area (Å²) in [6, 6.07) is 9.05. The molecule has 3 rings (SSSR count). The van der Waals surface area contributed by atoms with Gasteiger partial charge < -0.3 is 9.47 Å². The van der Waals surface area contributed by atoms with Gasteiger partial charge in [-0.25, -0.2) is 9.78 Å². The molecule has 0 aliphatic rings. The number of nitrogens with zero attached hydrogens (tertiary/aromatic N) is 4. The highest BCUT2D eigenvalue weighted by Gasteiger charge is 2.19. The molecule has 172 valence electrons. The second kappa shape index (κ2) is 10.3. The van der Waals surface area contributed by atoms with Crippen LogP contribution >= 0.6 is 15.9 Å². The van der Waals surface area contributed by atoms with Gasteiger partial charge in [0.2, 0.25) is 0 Å². The summed E-state index contributed by atoms with van der Waals surface area (Å²) in [5.74, 6) is 0.0129. The summed E-state index contributed by atoms with van der Waals surface area (Å²) in [5.41, 5.74) is 0.163. The molecule has 1 aromatic heterocycles. The number of benzene rings is 2. The zero-order chi connectivity index (χ0) is 24.1. The Hall–Kier alpha value is -3.60. The summed E-state index contributed by atoms with van der Waals surface area (Å²) < 4.78 is 12.5. The number of ether oxygens (including phenoxy) is 2. The molecule has 0 saturated carbocycles. The van der Waals surface area contributed by atoms with Gasteiger partial charge in [-0.1, -0.05) is 22.9 Å². The number of nitro groups is 1. The fourth-order valence-corrected chi connectivity index (χ4v) is 3.38. The predicted molar refractivity (Wildman–Crippen MR) is 126 cm³/mol. The number of halogens is 1. The molecule has 0 radical (unpaired) electrons. The highest BCUT2D eigenvalue weighted by molar-refractivity contribution is 9.10. The van der Waals surface area contributed by atoms with Crippen molar-refractivity contribution in [1.29, 1.82) is 0 Å². The van der Waals surface area contributed by atoms with Crippen molar-refractivity contribution in [3.63, 3.8) is 0 Å². The van der Waals surface area contributed by atoms with E-state index in [9.17, 15) is 19.7 Å². The number of carbonyl (C=O) groups is 1. The number of rotatable bonds is 8. The topological polar surface area (TPSA) is 126 Å². The maximum atomic E-state index is 13.1. The lowest BCUT2D eigenvalue weighted by atomic mass is 10.2. The van der Waals surface area contributed by atoms with Crippen LogP contribution in [0.5, 0.6) is 5.75 Å². The molecular formula is C22H21BrN4O6. The molecular weight excluding hydrogens is 496 g/mol. The number of aryl methyl sites for hydroxylation is 1. The molecule has 0 fully saturated rings. The summed E-state index contributed by atoms with van der Waals surface area (Å²) in [5, 5.41) is 15.9. The standard InChI is InChI=1S/C22H21BrN4O6/c1-4-20-25-18-8-6-15(23)11-17(18)21(28)26(20)24-12-14-10-16(27(30)31)7-9-19(14)33-13(3)22(29)32-5-2/h6-13H,4-5H2,1-3H3/t13-/m1/s1. The Labute approximate surface area is 197 Å². The lowest BCUT2D eigenvalue weighted by Crippen LogP contribution is -2.26. The SMILES string of the molecule is CCOC(=O)[C@@H](C)Oc1ccc([N+](=O)[O-])cc1C=Nn1c(CC)nc2ccc(Br)cc2c1=O. The highest BCUT2D eigenvalue weighted by Crippen LogP contribution is 2.24. The molecule has 1 atom stereocenters. The van der Waals surface area contributed by atoms with Crippen LogP contribution in [0.15, 0.2) is 50.8 Å². The van der Waals surface area contributed by atoms with E-state index in [2.05, 4.69) is 26.0 Å². The van der Waals surface area contributed by atoms with E-state index in [0.29, 0.717) is 23.1 Å². The fraction of sp³-hybridized carbons (Fsp3) is 0.273. The number of nitro benzene ring substituents is 1. The van der Waals surface area contributed by atoms with E-state index >= 15 is 0 Å². The first kappa shape index (κ1) is 24.1. The second-order valence-electron chi connectivity index (χ2n) is 6.90. The van der Waals surface area contributed by atoms with Crippen LogP contribution in [0.3, 0.4) is 0 Å². The molecule has 0 spiro atoms. The smallest absolute Gasteiger partial charge is 0.347 e. The Kier molecular flexibility index (Phi) is 7.54. The van der Waals surface area contributed by atoms with Crippen molar-refractivity contribution in [2.75, 3.05) is 6.61 Å². The van der Waals surface area contributed by atoms with E-state index in [4.69, 9.17) is 9.47 Å². The monoisotopic (exact) mass is 516 g/mol. The Morgan fingerprint density at radius 3 is 2.73 bits per heavy atom. The average Bonchev–Trinajstić information content (AvgIpc) is 2.79. The van der Waals surface area contributed by atoms with Crippen molar-refractivity contribution >= 4 is 44.7 Å². The van der Waals surface area contributed by atoms with Crippen LogP contribution in [0.2, 0.25) is 0 Å². The van der Waals surface area contributed by atoms with Crippen LogP contribution in [-0.4, -0.2) is 39.5 Å². The minimum Gasteiger partial charge on any atom is -0.478 e. The number of hydrogen-bond acceptors (Lipinski definition) is 8. The number of fused-ring (bicyclic) bond motifs is 1. The number of non-ortho nitro benzene ring substituents is 1. The lowest BCUT2D eigenvalue weighted by molar-refractivity contribution is -0.384. The number of hydrogen-bond donors (Lipinski definition) is 0. The maximum absolute atomic E-state index is 13.1. The van der Waals surface area contributed by atoms with Gasteiger partial charge in [0.25, 0.3) is 11.2 Å². The molecule has 11 heteroatoms. The van der Waals surface area contributed by atoms with Gasteiger partial charge in [-0.2, -0.15) is 9.78 Å². The van der Waals surface area contributed by atoms with Crippen molar-refractivity contribution in [3.8, 4) is 5.75 Å². The van der Waals surface area contributed by atoms with Crippen LogP contribution < -0.4 is 10.3 Å². The van der Waals surface area contributed by atoms with E-state index in [-0.39, 0.29) is 29.2 Å². The molecule has 10 nitrogen and oxygen atoms in total. The molecule has 33 heavy (non-hydrogen) atoms. The Bertz CT molecular complexity index is 1300. The van der Waals surface area contributed by atoms with Crippen molar-refractivity contribution < 1.29 is 19.2 Å². The van der Waals surface area contributed by atoms with Gasteiger partial charge >= 0.3 is 5.97 Å². The van der Waals surface area contributed by atoms with Gasteiger partial charge in [0, 0.05) is 28.6 Å². The number of carbonyl (C=O) groups excluding carboxylic acids is 1. The van der Waals surface area contributed by atoms with Crippen LogP contribution in [-0.2, 0) is 16.0 Å². The van der Waals surface area contributed by atoms with Gasteiger partial charge in [-0.05, 0) is 38.1 Å². The van der Waals surface area contributed by atoms with Gasteiger partial charge in [0.15, 0.2) is 6.10 Å². The maximum Gasteiger partial charge on any atom is 0.347 e. The summed E-state index contributed by atoms with van der Waals surface area (Å²) in [6.45, 7) is 5.20. The summed E-state index contributed by atoms with van der Waals surface area (Å²) in [4.78, 5) is 40.2. The molecule has 0 N–H and O–H groups in total. The third-order valence-electron chi connectivity index (χ3n) is 4.63. The Balaban J connectivity index is 2.08. The lowest BCUT2D eigenvalue weighted by Gasteiger charge is -2.15. The summed E-state index contributed by atoms with van der Waals surface area (Å²) in [6.07, 6.45) is 0.746. The molecule has 1 heterocycles. The Morgan fingerprint density at radius 1 is 1.30 bits per heavy atom. The molecule has 0 aliphatic carbocycles. The number of aromatic nitrogens is 2. The third-order valence-corrected chi connectivity index (χ3v) is 5.12. The third kappa shape index (κ3) is 5.43. The van der Waals surface area contributed by atoms with Gasteiger partial charge in [0.1, 0.15) is 11.6 Å². The van der Waals surface area contributed by atoms with Gasteiger partial charge in [-0.3, -0.25) is 14.9 Å². The first-order chi connectivity index (χ1) is 15.7. The molecule has 3 aromatic rings. The summed E-state index contributed by atoms with van der Waals surface area (Å²) >= 11 is 3.35. The average molecular weight is 517 g/mol. The summed E-state index contributed by atoms with van der Waals surface area (Å²) in [7, 11) is 0. The van der Waals surface area contributed by atoms with Crippen molar-refractivity contribution in [2.24, 2.45) is 5.10 Å². The fourth-order valence-electron chi connectivity index (χ4n) is 3.02. The van der Waals surface area contributed by atoms with Crippen LogP contribution in [0.1, 0.15) is 32.2 Å². The number of esters is 1. The van der Waals surface area contributed by atoms with E-state index in [1.165, 1.54) is 31.3 Å². The van der Waals surface area contributed by atoms with Crippen molar-refractivity contribution in [3.05, 3.63) is 72.7 Å². The normalized spacial score (nSPS) is 12.1. The molecule has 0 unspecified atom stereocenters. The van der Waals surface area contributed by atoms with E-state index in [1.807, 2.05) is 6.92 Å². The first-order valence-electron chi connectivity index (χ1n) is 10.1. The van der Waals surface area contributed by atoms with Crippen molar-refractivity contribution in [1.82, 2.24) is 9.66 Å². The van der Waals surface area contributed by atoms with Crippen molar-refractivity contribution in [2.45, 2.75) is 33.3 Å². The van der Waals surface area contributed by atoms with Crippen LogP contribution in [0.25, 0.3) is 10.9 Å². The van der Waals surface area contributed by atoms with E-state index in [0.717, 1.165) is 9.15 Å². The Morgan fingerprint density at radius 2 is 2.06 bits per heavy atom. The molecule has 0 bridgehead atoms. The molecule has 0 aliphatic heterocycles. The zero-order valence-electron chi connectivity index (χ0n) is 18.1. The van der Waals surface area contributed by atoms with Crippen LogP contribution in [0, 0.1) is 10.1 Å². The van der Waals surface area contributed by atoms with E-state index in [1.54, 1.807) is 25.1 Å². The quantitative estimate of drug-likeness (QED) is 0.192. The molecule has 0 amide bonds. The zero-order valence-corrected chi connectivity index (χ0v) is 19.7. The highest BCUT2D eigenvalue weighted by atomic mass is 79.9. The molecule has 2 aromatic carbocycles. The minimum absolute atomic E-state index is 0.174. The second-order valence-corrected chi connectivity index (χ2v) is 7.81. The minimum atomic E-state index is -0.952. The van der Waals surface area contributed by atoms with Gasteiger partial charge in [0.05, 0.1) is 28.6 Å². The predicted octanol–water partition coefficient (Wildman–Crippen LogP) is 3.84. The van der Waals surface area contributed by atoms with Gasteiger partial charge in [-0.15, -0.1) is 0 Å². The largest absolute Gasteiger partial charge is 0.478 e. The molecule has 0 saturated heterocycles. The van der Waals surface area contributed by atoms with E-state index < -0.39 is 17.0 Å². The first-order valence-corrected chi connectivity index (χ1v) is 10.9. The van der Waals surface area contributed by atoms with Crippen LogP contribution in [0.4, 0.5) is 5.69 Å².